The van der Waals surface area contributed by atoms with Crippen LogP contribution in [0.4, 0.5) is 0 Å². The van der Waals surface area contributed by atoms with Crippen molar-refractivity contribution in [3.05, 3.63) is 134 Å². The normalized spacial score (nSPS) is 11.7. The summed E-state index contributed by atoms with van der Waals surface area (Å²) in [4.78, 5) is 5.13. The maximum absolute atomic E-state index is 5.13. The standard InChI is InChI=1S/C34H22N4/c1-2-11-23(12-3-1)24-20-21-27(26-14-5-4-13-25(24)26)30-17-10-22-37-33(30)35-34(36-37)38-31-18-8-6-15-28(31)29-16-7-9-19-32(29)38/h1-22H. The molecule has 0 saturated heterocycles. The first-order valence-electron chi connectivity index (χ1n) is 12.8. The van der Waals surface area contributed by atoms with Crippen molar-refractivity contribution >= 4 is 38.2 Å². The Morgan fingerprint density at radius 2 is 1.03 bits per heavy atom. The maximum atomic E-state index is 5.13. The Hall–Kier alpha value is -5.22. The van der Waals surface area contributed by atoms with Crippen molar-refractivity contribution in [1.29, 1.82) is 0 Å². The van der Waals surface area contributed by atoms with E-state index in [-0.39, 0.29) is 0 Å². The van der Waals surface area contributed by atoms with Gasteiger partial charge in [0, 0.05) is 22.5 Å². The van der Waals surface area contributed by atoms with Gasteiger partial charge in [-0.1, -0.05) is 103 Å². The van der Waals surface area contributed by atoms with Crippen LogP contribution in [0, 0.1) is 0 Å². The summed E-state index contributed by atoms with van der Waals surface area (Å²) < 4.78 is 4.06. The van der Waals surface area contributed by atoms with E-state index in [0.29, 0.717) is 5.95 Å². The molecule has 0 aliphatic rings. The summed E-state index contributed by atoms with van der Waals surface area (Å²) in [5.74, 6) is 0.667. The number of hydrogen-bond donors (Lipinski definition) is 0. The fourth-order valence-corrected chi connectivity index (χ4v) is 5.74. The Morgan fingerprint density at radius 3 is 1.74 bits per heavy atom. The van der Waals surface area contributed by atoms with Gasteiger partial charge < -0.3 is 0 Å². The predicted octanol–water partition coefficient (Wildman–Crippen LogP) is 8.31. The summed E-state index contributed by atoms with van der Waals surface area (Å²) in [7, 11) is 0. The van der Waals surface area contributed by atoms with Gasteiger partial charge in [0.1, 0.15) is 0 Å². The van der Waals surface area contributed by atoms with Gasteiger partial charge in [0.05, 0.1) is 11.0 Å². The largest absolute Gasteiger partial charge is 0.277 e. The number of fused-ring (bicyclic) bond motifs is 5. The molecule has 38 heavy (non-hydrogen) atoms. The Morgan fingerprint density at radius 1 is 0.447 bits per heavy atom. The molecule has 0 fully saturated rings. The van der Waals surface area contributed by atoms with E-state index in [1.54, 1.807) is 0 Å². The van der Waals surface area contributed by atoms with Crippen LogP contribution in [-0.2, 0) is 0 Å². The van der Waals surface area contributed by atoms with Crippen molar-refractivity contribution in [3.63, 3.8) is 0 Å². The van der Waals surface area contributed by atoms with E-state index in [4.69, 9.17) is 10.1 Å². The van der Waals surface area contributed by atoms with Gasteiger partial charge in [-0.25, -0.2) is 4.52 Å². The van der Waals surface area contributed by atoms with Gasteiger partial charge in [0.2, 0.25) is 0 Å². The minimum atomic E-state index is 0.667. The highest BCUT2D eigenvalue weighted by atomic mass is 15.4. The average Bonchev–Trinajstić information content (AvgIpc) is 3.56. The number of para-hydroxylation sites is 2. The summed E-state index contributed by atoms with van der Waals surface area (Å²) in [6.07, 6.45) is 1.98. The lowest BCUT2D eigenvalue weighted by molar-refractivity contribution is 0.916. The quantitative estimate of drug-likeness (QED) is 0.252. The van der Waals surface area contributed by atoms with E-state index in [9.17, 15) is 0 Å². The predicted molar refractivity (Wildman–Crippen MR) is 156 cm³/mol. The SMILES string of the molecule is c1ccc(-c2ccc(-c3cccn4nc(-n5c6ccccc6c6ccccc65)nc34)c3ccccc23)cc1. The molecule has 4 heteroatoms. The van der Waals surface area contributed by atoms with Gasteiger partial charge in [-0.05, 0) is 51.7 Å². The molecule has 0 radical (unpaired) electrons. The fraction of sp³-hybridized carbons (Fsp3) is 0. The zero-order valence-electron chi connectivity index (χ0n) is 20.5. The van der Waals surface area contributed by atoms with Crippen molar-refractivity contribution in [1.82, 2.24) is 19.2 Å². The van der Waals surface area contributed by atoms with E-state index in [0.717, 1.165) is 27.8 Å². The van der Waals surface area contributed by atoms with Crippen LogP contribution in [-0.4, -0.2) is 19.2 Å². The van der Waals surface area contributed by atoms with E-state index in [1.165, 1.54) is 32.7 Å². The molecular formula is C34H22N4. The lowest BCUT2D eigenvalue weighted by Gasteiger charge is -2.12. The third kappa shape index (κ3) is 3.04. The molecule has 0 amide bonds. The second kappa shape index (κ2) is 8.15. The topological polar surface area (TPSA) is 35.1 Å². The van der Waals surface area contributed by atoms with Crippen LogP contribution in [0.15, 0.2) is 134 Å². The summed E-state index contributed by atoms with van der Waals surface area (Å²) in [5, 5.41) is 9.77. The number of nitrogens with zero attached hydrogens (tertiary/aromatic N) is 4. The van der Waals surface area contributed by atoms with Crippen LogP contribution in [0.25, 0.3) is 66.4 Å². The smallest absolute Gasteiger partial charge is 0.254 e. The first-order chi connectivity index (χ1) is 18.9. The minimum absolute atomic E-state index is 0.667. The highest BCUT2D eigenvalue weighted by molar-refractivity contribution is 6.09. The van der Waals surface area contributed by atoms with Crippen LogP contribution in [0.5, 0.6) is 0 Å². The third-order valence-corrected chi connectivity index (χ3v) is 7.43. The van der Waals surface area contributed by atoms with Gasteiger partial charge in [-0.15, -0.1) is 5.10 Å². The van der Waals surface area contributed by atoms with Crippen molar-refractivity contribution in [2.75, 3.05) is 0 Å². The van der Waals surface area contributed by atoms with Crippen LogP contribution >= 0.6 is 0 Å². The molecule has 4 nitrogen and oxygen atoms in total. The molecule has 3 heterocycles. The second-order valence-electron chi connectivity index (χ2n) is 9.54. The van der Waals surface area contributed by atoms with E-state index < -0.39 is 0 Å². The van der Waals surface area contributed by atoms with Crippen LogP contribution in [0.1, 0.15) is 0 Å². The minimum Gasteiger partial charge on any atom is -0.277 e. The fourth-order valence-electron chi connectivity index (χ4n) is 5.74. The molecule has 0 atom stereocenters. The summed E-state index contributed by atoms with van der Waals surface area (Å²) in [5.41, 5.74) is 7.68. The van der Waals surface area contributed by atoms with Crippen LogP contribution < -0.4 is 0 Å². The number of rotatable bonds is 3. The zero-order valence-corrected chi connectivity index (χ0v) is 20.5. The van der Waals surface area contributed by atoms with Gasteiger partial charge in [0.15, 0.2) is 5.65 Å². The molecule has 0 bridgehead atoms. The van der Waals surface area contributed by atoms with E-state index in [2.05, 4.69) is 126 Å². The molecule has 0 aliphatic carbocycles. The number of pyridine rings is 1. The Bertz CT molecular complexity index is 2080. The van der Waals surface area contributed by atoms with Gasteiger partial charge >= 0.3 is 0 Å². The molecule has 0 N–H and O–H groups in total. The lowest BCUT2D eigenvalue weighted by atomic mass is 9.92. The maximum Gasteiger partial charge on any atom is 0.254 e. The lowest BCUT2D eigenvalue weighted by Crippen LogP contribution is -1.96. The van der Waals surface area contributed by atoms with E-state index >= 15 is 0 Å². The molecule has 8 rings (SSSR count). The molecule has 0 spiro atoms. The molecule has 3 aromatic heterocycles. The molecule has 0 saturated carbocycles. The summed E-state index contributed by atoms with van der Waals surface area (Å²) >= 11 is 0. The Labute approximate surface area is 219 Å². The highest BCUT2D eigenvalue weighted by Gasteiger charge is 2.18. The van der Waals surface area contributed by atoms with Crippen molar-refractivity contribution in [2.24, 2.45) is 0 Å². The molecular weight excluding hydrogens is 464 g/mol. The summed E-state index contributed by atoms with van der Waals surface area (Å²) in [6.45, 7) is 0. The highest BCUT2D eigenvalue weighted by Crippen LogP contribution is 2.37. The van der Waals surface area contributed by atoms with Crippen LogP contribution in [0.3, 0.4) is 0 Å². The average molecular weight is 487 g/mol. The van der Waals surface area contributed by atoms with Gasteiger partial charge in [-0.3, -0.25) is 4.57 Å². The molecule has 8 aromatic rings. The van der Waals surface area contributed by atoms with Gasteiger partial charge in [0.25, 0.3) is 5.95 Å². The molecule has 0 aliphatic heterocycles. The van der Waals surface area contributed by atoms with Crippen molar-refractivity contribution < 1.29 is 0 Å². The van der Waals surface area contributed by atoms with E-state index in [1.807, 2.05) is 16.8 Å². The van der Waals surface area contributed by atoms with Crippen LogP contribution in [0.2, 0.25) is 0 Å². The first-order valence-corrected chi connectivity index (χ1v) is 12.8. The number of aromatic nitrogens is 4. The summed E-state index contributed by atoms with van der Waals surface area (Å²) in [6, 6.07) is 44.7. The Kier molecular flexibility index (Phi) is 4.49. The van der Waals surface area contributed by atoms with Crippen molar-refractivity contribution in [2.45, 2.75) is 0 Å². The second-order valence-corrected chi connectivity index (χ2v) is 9.54. The molecule has 5 aromatic carbocycles. The monoisotopic (exact) mass is 486 g/mol. The third-order valence-electron chi connectivity index (χ3n) is 7.43. The number of hydrogen-bond acceptors (Lipinski definition) is 2. The Balaban J connectivity index is 1.38. The first kappa shape index (κ1) is 20.9. The van der Waals surface area contributed by atoms with Gasteiger partial charge in [-0.2, -0.15) is 4.98 Å². The molecule has 0 unspecified atom stereocenters. The molecule has 178 valence electrons. The zero-order chi connectivity index (χ0) is 25.1. The van der Waals surface area contributed by atoms with Crippen molar-refractivity contribution in [3.8, 4) is 28.2 Å². The number of benzene rings is 5.